The summed E-state index contributed by atoms with van der Waals surface area (Å²) in [6, 6.07) is -0.977. The van der Waals surface area contributed by atoms with Crippen LogP contribution in [0.15, 0.2) is 0 Å². The lowest BCUT2D eigenvalue weighted by Crippen LogP contribution is -2.53. The molecule has 4 atom stereocenters. The Hall–Kier alpha value is -0.690. The molecule has 0 aromatic carbocycles. The van der Waals surface area contributed by atoms with E-state index in [4.69, 9.17) is 0 Å². The van der Waals surface area contributed by atoms with Gasteiger partial charge in [-0.15, -0.1) is 0 Å². The summed E-state index contributed by atoms with van der Waals surface area (Å²) in [6.07, 6.45) is 49.1. The number of amides is 1. The second-order valence-electron chi connectivity index (χ2n) is 17.5. The molecule has 0 aromatic rings. The number of hydrogen-bond acceptors (Lipinski definition) is 5. The van der Waals surface area contributed by atoms with Crippen molar-refractivity contribution in [2.24, 2.45) is 0 Å². The highest BCUT2D eigenvalue weighted by Crippen LogP contribution is 2.18. The van der Waals surface area contributed by atoms with Gasteiger partial charge in [0.1, 0.15) is 12.2 Å². The number of carbonyl (C=O) groups excluding carboxylic acids is 1. The predicted molar refractivity (Wildman–Crippen MR) is 238 cm³/mol. The fourth-order valence-corrected chi connectivity index (χ4v) is 8.11. The Bertz CT molecular complexity index is 751. The summed E-state index contributed by atoms with van der Waals surface area (Å²) in [5.41, 5.74) is 0. The highest BCUT2D eigenvalue weighted by Gasteiger charge is 2.28. The number of nitrogens with one attached hydrogen (secondary N) is 1. The minimum Gasteiger partial charge on any atom is -0.394 e. The second-order valence-corrected chi connectivity index (χ2v) is 17.5. The molecule has 1 amide bonds. The smallest absolute Gasteiger partial charge is 0.249 e. The van der Waals surface area contributed by atoms with Crippen molar-refractivity contribution in [3.05, 3.63) is 0 Å². The number of aliphatic hydroxyl groups excluding tert-OH is 4. The van der Waals surface area contributed by atoms with Gasteiger partial charge in [-0.2, -0.15) is 0 Å². The topological polar surface area (TPSA) is 110 Å². The van der Waals surface area contributed by atoms with Gasteiger partial charge in [0.2, 0.25) is 5.91 Å². The molecule has 0 fully saturated rings. The molecule has 0 rings (SSSR count). The molecule has 0 heterocycles. The molecular formula is C49H99NO5. The lowest BCUT2D eigenvalue weighted by molar-refractivity contribution is -0.132. The van der Waals surface area contributed by atoms with Gasteiger partial charge in [0.25, 0.3) is 0 Å². The first kappa shape index (κ1) is 54.3. The first-order chi connectivity index (χ1) is 27.0. The Kier molecular flexibility index (Phi) is 43.9. The molecule has 0 aliphatic heterocycles. The Morgan fingerprint density at radius 2 is 0.618 bits per heavy atom. The van der Waals surface area contributed by atoms with Crippen LogP contribution in [0.5, 0.6) is 0 Å². The Morgan fingerprint density at radius 3 is 0.873 bits per heavy atom. The van der Waals surface area contributed by atoms with Crippen molar-refractivity contribution in [1.82, 2.24) is 5.32 Å². The molecular weight excluding hydrogens is 683 g/mol. The Balaban J connectivity index is 3.47. The standard InChI is InChI=1S/C49H99NO5/c1-3-5-7-9-11-13-14-15-16-17-18-19-20-21-22-23-24-25-26-27-28-29-30-31-32-33-34-35-37-39-41-43-47(53)49(55)50-45(44-51)48(54)46(52)42-40-38-36-12-10-8-6-4-2/h45-48,51-54H,3-44H2,1-2H3,(H,50,55). The molecule has 6 heteroatoms. The van der Waals surface area contributed by atoms with Crippen LogP contribution in [0.3, 0.4) is 0 Å². The monoisotopic (exact) mass is 782 g/mol. The quantitative estimate of drug-likeness (QED) is 0.0395. The third-order valence-corrected chi connectivity index (χ3v) is 12.1. The lowest BCUT2D eigenvalue weighted by Gasteiger charge is -2.27. The zero-order valence-corrected chi connectivity index (χ0v) is 37.2. The summed E-state index contributed by atoms with van der Waals surface area (Å²) < 4.78 is 0. The summed E-state index contributed by atoms with van der Waals surface area (Å²) in [5.74, 6) is -0.581. The number of carbonyl (C=O) groups is 1. The van der Waals surface area contributed by atoms with E-state index >= 15 is 0 Å². The van der Waals surface area contributed by atoms with Gasteiger partial charge in [0.15, 0.2) is 0 Å². The molecule has 330 valence electrons. The minimum atomic E-state index is -1.25. The first-order valence-corrected chi connectivity index (χ1v) is 24.9. The van der Waals surface area contributed by atoms with Crippen molar-refractivity contribution in [1.29, 1.82) is 0 Å². The lowest BCUT2D eigenvalue weighted by atomic mass is 9.99. The zero-order valence-electron chi connectivity index (χ0n) is 37.2. The molecule has 0 spiro atoms. The summed E-state index contributed by atoms with van der Waals surface area (Å²) in [6.45, 7) is 4.03. The van der Waals surface area contributed by atoms with E-state index in [1.807, 2.05) is 0 Å². The average molecular weight is 782 g/mol. The van der Waals surface area contributed by atoms with Gasteiger partial charge >= 0.3 is 0 Å². The van der Waals surface area contributed by atoms with Crippen molar-refractivity contribution in [3.63, 3.8) is 0 Å². The van der Waals surface area contributed by atoms with E-state index in [1.165, 1.54) is 212 Å². The summed E-state index contributed by atoms with van der Waals surface area (Å²) in [7, 11) is 0. The van der Waals surface area contributed by atoms with Crippen molar-refractivity contribution in [2.45, 2.75) is 301 Å². The van der Waals surface area contributed by atoms with Crippen LogP contribution in [-0.2, 0) is 4.79 Å². The van der Waals surface area contributed by atoms with E-state index < -0.39 is 36.9 Å². The van der Waals surface area contributed by atoms with Crippen LogP contribution in [0.1, 0.15) is 277 Å². The highest BCUT2D eigenvalue weighted by atomic mass is 16.3. The average Bonchev–Trinajstić information content (AvgIpc) is 3.19. The van der Waals surface area contributed by atoms with Crippen LogP contribution in [0.4, 0.5) is 0 Å². The number of unbranched alkanes of at least 4 members (excludes halogenated alkanes) is 37. The van der Waals surface area contributed by atoms with Gasteiger partial charge in [0.05, 0.1) is 18.8 Å². The molecule has 4 unspecified atom stereocenters. The molecule has 0 saturated heterocycles. The van der Waals surface area contributed by atoms with Crippen molar-refractivity contribution in [2.75, 3.05) is 6.61 Å². The van der Waals surface area contributed by atoms with Crippen molar-refractivity contribution >= 4 is 5.91 Å². The van der Waals surface area contributed by atoms with Gasteiger partial charge in [0, 0.05) is 0 Å². The fourth-order valence-electron chi connectivity index (χ4n) is 8.11. The summed E-state index contributed by atoms with van der Waals surface area (Å²) in [5, 5.41) is 43.5. The second kappa shape index (κ2) is 44.4. The van der Waals surface area contributed by atoms with Crippen molar-refractivity contribution in [3.8, 4) is 0 Å². The van der Waals surface area contributed by atoms with Crippen molar-refractivity contribution < 1.29 is 25.2 Å². The fraction of sp³-hybridized carbons (Fsp3) is 0.980. The molecule has 6 nitrogen and oxygen atoms in total. The molecule has 0 aliphatic carbocycles. The molecule has 0 saturated carbocycles. The van der Waals surface area contributed by atoms with Crippen LogP contribution >= 0.6 is 0 Å². The number of rotatable bonds is 46. The zero-order chi connectivity index (χ0) is 40.3. The molecule has 0 radical (unpaired) electrons. The molecule has 0 bridgehead atoms. The predicted octanol–water partition coefficient (Wildman–Crippen LogP) is 13.6. The van der Waals surface area contributed by atoms with Gasteiger partial charge in [-0.1, -0.05) is 264 Å². The number of hydrogen-bond donors (Lipinski definition) is 5. The van der Waals surface area contributed by atoms with Crippen LogP contribution in [0, 0.1) is 0 Å². The number of aliphatic hydroxyl groups is 4. The third kappa shape index (κ3) is 38.6. The van der Waals surface area contributed by atoms with Gasteiger partial charge < -0.3 is 25.7 Å². The van der Waals surface area contributed by atoms with Gasteiger partial charge in [-0.05, 0) is 12.8 Å². The maximum Gasteiger partial charge on any atom is 0.249 e. The SMILES string of the molecule is CCCCCCCCCCCCCCCCCCCCCCCCCCCCCCCCCC(O)C(=O)NC(CO)C(O)C(O)CCCCCCCCCC. The van der Waals surface area contributed by atoms with Crippen LogP contribution in [0.2, 0.25) is 0 Å². The van der Waals surface area contributed by atoms with Gasteiger partial charge in [-0.25, -0.2) is 0 Å². The maximum absolute atomic E-state index is 12.5. The third-order valence-electron chi connectivity index (χ3n) is 12.1. The molecule has 0 aliphatic rings. The molecule has 0 aromatic heterocycles. The van der Waals surface area contributed by atoms with Crippen LogP contribution in [-0.4, -0.2) is 57.3 Å². The first-order valence-electron chi connectivity index (χ1n) is 24.9. The summed E-state index contributed by atoms with van der Waals surface area (Å²) in [4.78, 5) is 12.5. The Labute approximate surface area is 343 Å². The normalized spacial score (nSPS) is 13.9. The molecule has 55 heavy (non-hydrogen) atoms. The van der Waals surface area contributed by atoms with Gasteiger partial charge in [-0.3, -0.25) is 4.79 Å². The summed E-state index contributed by atoms with van der Waals surface area (Å²) >= 11 is 0. The maximum atomic E-state index is 12.5. The van der Waals surface area contributed by atoms with E-state index in [9.17, 15) is 25.2 Å². The largest absolute Gasteiger partial charge is 0.394 e. The Morgan fingerprint density at radius 1 is 0.382 bits per heavy atom. The van der Waals surface area contributed by atoms with E-state index in [1.54, 1.807) is 0 Å². The van der Waals surface area contributed by atoms with Crippen LogP contribution in [0.25, 0.3) is 0 Å². The van der Waals surface area contributed by atoms with E-state index in [-0.39, 0.29) is 0 Å². The minimum absolute atomic E-state index is 0.375. The van der Waals surface area contributed by atoms with E-state index in [0.29, 0.717) is 12.8 Å². The van der Waals surface area contributed by atoms with E-state index in [2.05, 4.69) is 19.2 Å². The highest BCUT2D eigenvalue weighted by molar-refractivity contribution is 5.80. The van der Waals surface area contributed by atoms with E-state index in [0.717, 1.165) is 38.5 Å². The van der Waals surface area contributed by atoms with Crippen LogP contribution < -0.4 is 5.32 Å². The molecule has 5 N–H and O–H groups in total.